The average Bonchev–Trinajstić information content (AvgIpc) is 2.32. The monoisotopic (exact) mass is 252 g/mol. The Morgan fingerprint density at radius 1 is 1.47 bits per heavy atom. The van der Waals surface area contributed by atoms with Gasteiger partial charge in [-0.2, -0.15) is 0 Å². The van der Waals surface area contributed by atoms with Crippen LogP contribution in [-0.2, 0) is 0 Å². The van der Waals surface area contributed by atoms with Crippen molar-refractivity contribution in [3.8, 4) is 0 Å². The molecule has 1 unspecified atom stereocenters. The van der Waals surface area contributed by atoms with Crippen molar-refractivity contribution < 1.29 is 9.90 Å². The summed E-state index contributed by atoms with van der Waals surface area (Å²) in [5, 5.41) is 12.3. The normalized spacial score (nSPS) is 19.0. The molecule has 1 atom stereocenters. The Kier molecular flexibility index (Phi) is 3.64. The lowest BCUT2D eigenvalue weighted by Gasteiger charge is -2.20. The topological polar surface area (TPSA) is 62.2 Å². The molecule has 1 aromatic heterocycles. The van der Waals surface area contributed by atoms with Gasteiger partial charge in [0.1, 0.15) is 5.82 Å². The highest BCUT2D eigenvalue weighted by atomic mass is 35.5. The van der Waals surface area contributed by atoms with Crippen molar-refractivity contribution in [3.63, 3.8) is 0 Å². The molecule has 1 aliphatic carbocycles. The molecule has 90 valence electrons. The Morgan fingerprint density at radius 2 is 2.29 bits per heavy atom. The molecule has 0 aromatic carbocycles. The zero-order chi connectivity index (χ0) is 12.3. The molecule has 0 amide bonds. The molecular formula is C12H13ClN2O2. The Balaban J connectivity index is 2.13. The van der Waals surface area contributed by atoms with Crippen LogP contribution in [-0.4, -0.2) is 22.1 Å². The molecule has 5 heteroatoms. The molecule has 0 saturated heterocycles. The highest BCUT2D eigenvalue weighted by Crippen LogP contribution is 2.20. The van der Waals surface area contributed by atoms with E-state index in [1.165, 1.54) is 0 Å². The quantitative estimate of drug-likeness (QED) is 0.812. The maximum atomic E-state index is 10.9. The molecule has 0 spiro atoms. The standard InChI is InChI=1S/C12H13ClN2O2/c13-9-6-7-10(15-11(9)12(16)17)14-8-4-2-1-3-5-8/h1-2,6-8H,3-5H2,(H,14,15)(H,16,17). The van der Waals surface area contributed by atoms with E-state index in [9.17, 15) is 4.79 Å². The van der Waals surface area contributed by atoms with Crippen LogP contribution in [0.5, 0.6) is 0 Å². The van der Waals surface area contributed by atoms with Crippen LogP contribution in [0, 0.1) is 0 Å². The van der Waals surface area contributed by atoms with Gasteiger partial charge in [-0.3, -0.25) is 0 Å². The van der Waals surface area contributed by atoms with Crippen LogP contribution < -0.4 is 5.32 Å². The molecular weight excluding hydrogens is 240 g/mol. The van der Waals surface area contributed by atoms with Gasteiger partial charge >= 0.3 is 5.97 Å². The van der Waals surface area contributed by atoms with E-state index in [0.29, 0.717) is 11.9 Å². The zero-order valence-electron chi connectivity index (χ0n) is 9.19. The number of carbonyl (C=O) groups is 1. The maximum Gasteiger partial charge on any atom is 0.356 e. The van der Waals surface area contributed by atoms with Gasteiger partial charge in [0.05, 0.1) is 5.02 Å². The van der Waals surface area contributed by atoms with Crippen LogP contribution in [0.25, 0.3) is 0 Å². The Bertz CT molecular complexity index is 460. The third-order valence-electron chi connectivity index (χ3n) is 2.67. The van der Waals surface area contributed by atoms with Gasteiger partial charge in [-0.15, -0.1) is 0 Å². The first-order valence-corrected chi connectivity index (χ1v) is 5.86. The Labute approximate surface area is 104 Å². The third kappa shape index (κ3) is 2.97. The summed E-state index contributed by atoms with van der Waals surface area (Å²) in [6.45, 7) is 0. The summed E-state index contributed by atoms with van der Waals surface area (Å²) in [4.78, 5) is 14.9. The van der Waals surface area contributed by atoms with Crippen LogP contribution in [0.2, 0.25) is 5.02 Å². The number of hydrogen-bond acceptors (Lipinski definition) is 3. The lowest BCUT2D eigenvalue weighted by molar-refractivity contribution is 0.0691. The van der Waals surface area contributed by atoms with Crippen molar-refractivity contribution in [2.24, 2.45) is 0 Å². The zero-order valence-corrected chi connectivity index (χ0v) is 9.94. The lowest BCUT2D eigenvalue weighted by Crippen LogP contribution is -2.21. The second-order valence-electron chi connectivity index (χ2n) is 3.96. The van der Waals surface area contributed by atoms with Crippen molar-refractivity contribution >= 4 is 23.4 Å². The van der Waals surface area contributed by atoms with E-state index in [2.05, 4.69) is 22.5 Å². The number of hydrogen-bond donors (Lipinski definition) is 2. The molecule has 1 aliphatic rings. The summed E-state index contributed by atoms with van der Waals surface area (Å²) in [6.07, 6.45) is 7.28. The molecule has 2 rings (SSSR count). The van der Waals surface area contributed by atoms with Crippen LogP contribution >= 0.6 is 11.6 Å². The van der Waals surface area contributed by atoms with Gasteiger partial charge in [-0.25, -0.2) is 9.78 Å². The minimum Gasteiger partial charge on any atom is -0.476 e. The first-order chi connectivity index (χ1) is 8.16. The molecule has 0 radical (unpaired) electrons. The molecule has 0 bridgehead atoms. The van der Waals surface area contributed by atoms with Crippen LogP contribution in [0.3, 0.4) is 0 Å². The third-order valence-corrected chi connectivity index (χ3v) is 2.97. The van der Waals surface area contributed by atoms with Crippen molar-refractivity contribution in [2.45, 2.75) is 25.3 Å². The minimum atomic E-state index is -1.11. The molecule has 0 fully saturated rings. The highest BCUT2D eigenvalue weighted by molar-refractivity contribution is 6.33. The molecule has 0 saturated carbocycles. The molecule has 1 aromatic rings. The number of rotatable bonds is 3. The van der Waals surface area contributed by atoms with Crippen LogP contribution in [0.4, 0.5) is 5.82 Å². The fraction of sp³-hybridized carbons (Fsp3) is 0.333. The fourth-order valence-electron chi connectivity index (χ4n) is 1.81. The van der Waals surface area contributed by atoms with E-state index in [1.807, 2.05) is 0 Å². The number of pyridine rings is 1. The SMILES string of the molecule is O=C(O)c1nc(NC2CC=CCC2)ccc1Cl. The van der Waals surface area contributed by atoms with E-state index < -0.39 is 5.97 Å². The van der Waals surface area contributed by atoms with E-state index >= 15 is 0 Å². The van der Waals surface area contributed by atoms with Gasteiger partial charge in [0.2, 0.25) is 0 Å². The maximum absolute atomic E-state index is 10.9. The number of aromatic carboxylic acids is 1. The van der Waals surface area contributed by atoms with Crippen molar-refractivity contribution in [1.29, 1.82) is 0 Å². The van der Waals surface area contributed by atoms with E-state index in [1.54, 1.807) is 12.1 Å². The number of carboxylic acids is 1. The number of carboxylic acid groups (broad SMARTS) is 1. The van der Waals surface area contributed by atoms with E-state index in [4.69, 9.17) is 16.7 Å². The Morgan fingerprint density at radius 3 is 2.94 bits per heavy atom. The van der Waals surface area contributed by atoms with Crippen molar-refractivity contribution in [3.05, 3.63) is 35.0 Å². The lowest BCUT2D eigenvalue weighted by atomic mass is 10.0. The van der Waals surface area contributed by atoms with Gasteiger partial charge in [-0.1, -0.05) is 23.8 Å². The number of anilines is 1. The van der Waals surface area contributed by atoms with Crippen molar-refractivity contribution in [2.75, 3.05) is 5.32 Å². The van der Waals surface area contributed by atoms with Gasteiger partial charge in [-0.05, 0) is 31.4 Å². The number of nitrogens with zero attached hydrogens (tertiary/aromatic N) is 1. The number of aromatic nitrogens is 1. The first kappa shape index (κ1) is 11.9. The molecule has 1 heterocycles. The van der Waals surface area contributed by atoms with Crippen LogP contribution in [0.15, 0.2) is 24.3 Å². The predicted molar refractivity (Wildman–Crippen MR) is 66.6 cm³/mol. The summed E-state index contributed by atoms with van der Waals surface area (Å²) in [6, 6.07) is 3.57. The summed E-state index contributed by atoms with van der Waals surface area (Å²) in [5.41, 5.74) is -0.108. The summed E-state index contributed by atoms with van der Waals surface area (Å²) in [5.74, 6) is -0.547. The molecule has 4 nitrogen and oxygen atoms in total. The van der Waals surface area contributed by atoms with Crippen molar-refractivity contribution in [1.82, 2.24) is 4.98 Å². The molecule has 17 heavy (non-hydrogen) atoms. The Hall–Kier alpha value is -1.55. The summed E-state index contributed by atoms with van der Waals surface area (Å²) in [7, 11) is 0. The van der Waals surface area contributed by atoms with Gasteiger partial charge in [0.15, 0.2) is 5.69 Å². The number of halogens is 1. The van der Waals surface area contributed by atoms with E-state index in [0.717, 1.165) is 19.3 Å². The number of nitrogens with one attached hydrogen (secondary N) is 1. The molecule has 2 N–H and O–H groups in total. The predicted octanol–water partition coefficient (Wildman–Crippen LogP) is 2.95. The van der Waals surface area contributed by atoms with Gasteiger partial charge in [0.25, 0.3) is 0 Å². The smallest absolute Gasteiger partial charge is 0.356 e. The second kappa shape index (κ2) is 5.19. The highest BCUT2D eigenvalue weighted by Gasteiger charge is 2.14. The van der Waals surface area contributed by atoms with Gasteiger partial charge < -0.3 is 10.4 Å². The fourth-order valence-corrected chi connectivity index (χ4v) is 1.99. The minimum absolute atomic E-state index is 0.108. The van der Waals surface area contributed by atoms with E-state index in [-0.39, 0.29) is 10.7 Å². The van der Waals surface area contributed by atoms with Crippen LogP contribution in [0.1, 0.15) is 29.8 Å². The number of allylic oxidation sites excluding steroid dienone is 1. The largest absolute Gasteiger partial charge is 0.476 e. The molecule has 0 aliphatic heterocycles. The average molecular weight is 253 g/mol. The second-order valence-corrected chi connectivity index (χ2v) is 4.36. The summed E-state index contributed by atoms with van der Waals surface area (Å²) < 4.78 is 0. The summed E-state index contributed by atoms with van der Waals surface area (Å²) >= 11 is 5.75. The van der Waals surface area contributed by atoms with Gasteiger partial charge in [0, 0.05) is 6.04 Å². The first-order valence-electron chi connectivity index (χ1n) is 5.48.